The first-order chi connectivity index (χ1) is 4.79. The predicted octanol–water partition coefficient (Wildman–Crippen LogP) is 1.33. The van der Waals surface area contributed by atoms with E-state index in [-0.39, 0.29) is 11.2 Å². The Balaban J connectivity index is 2.13. The molecular weight excluding hydrogens is 128 g/mol. The van der Waals surface area contributed by atoms with Crippen LogP contribution >= 0.6 is 0 Å². The number of hydrogen-bond acceptors (Lipinski definition) is 2. The van der Waals surface area contributed by atoms with Crippen molar-refractivity contribution >= 4 is 0 Å². The van der Waals surface area contributed by atoms with Gasteiger partial charge in [0.05, 0.1) is 5.41 Å². The molecule has 0 amide bonds. The Kier molecular flexibility index (Phi) is 1.04. The average Bonchev–Trinajstić information content (AvgIpc) is 2.69. The van der Waals surface area contributed by atoms with Crippen LogP contribution in [0.15, 0.2) is 12.2 Å². The monoisotopic (exact) mass is 140 g/mol. The number of ether oxygens (including phenoxy) is 2. The Morgan fingerprint density at radius 1 is 1.10 bits per heavy atom. The topological polar surface area (TPSA) is 18.5 Å². The van der Waals surface area contributed by atoms with Gasteiger partial charge in [0.25, 0.3) is 0 Å². The molecule has 1 spiro atoms. The Morgan fingerprint density at radius 2 is 1.70 bits per heavy atom. The second-order valence-electron chi connectivity index (χ2n) is 3.03. The molecule has 0 atom stereocenters. The molecule has 1 saturated carbocycles. The van der Waals surface area contributed by atoms with Gasteiger partial charge in [0, 0.05) is 20.6 Å². The fourth-order valence-corrected chi connectivity index (χ4v) is 1.81. The van der Waals surface area contributed by atoms with Gasteiger partial charge in [-0.1, -0.05) is 12.2 Å². The number of rotatable bonds is 2. The summed E-state index contributed by atoms with van der Waals surface area (Å²) in [4.78, 5) is 0. The van der Waals surface area contributed by atoms with E-state index in [9.17, 15) is 0 Å². The lowest BCUT2D eigenvalue weighted by molar-refractivity contribution is -0.290. The summed E-state index contributed by atoms with van der Waals surface area (Å²) in [5.41, 5.74) is 0.191. The minimum Gasteiger partial charge on any atom is -0.352 e. The van der Waals surface area contributed by atoms with Crippen LogP contribution in [0.5, 0.6) is 0 Å². The molecule has 0 bridgehead atoms. The van der Waals surface area contributed by atoms with E-state index in [0.717, 1.165) is 6.42 Å². The molecular formula is C8H12O2. The number of methoxy groups -OCH3 is 2. The molecule has 2 nitrogen and oxygen atoms in total. The molecule has 0 unspecified atom stereocenters. The van der Waals surface area contributed by atoms with Crippen LogP contribution in [0.2, 0.25) is 0 Å². The summed E-state index contributed by atoms with van der Waals surface area (Å²) >= 11 is 0. The highest BCUT2D eigenvalue weighted by atomic mass is 16.7. The Hall–Kier alpha value is -0.340. The lowest BCUT2D eigenvalue weighted by Gasteiger charge is -2.48. The SMILES string of the molecule is COC1(OC)CCC12C=C2. The molecule has 0 heterocycles. The van der Waals surface area contributed by atoms with Crippen molar-refractivity contribution in [1.29, 1.82) is 0 Å². The van der Waals surface area contributed by atoms with Crippen molar-refractivity contribution in [2.75, 3.05) is 14.2 Å². The van der Waals surface area contributed by atoms with Gasteiger partial charge in [-0.05, 0) is 6.42 Å². The van der Waals surface area contributed by atoms with E-state index in [1.165, 1.54) is 6.42 Å². The Bertz CT molecular complexity index is 168. The third kappa shape index (κ3) is 0.478. The second-order valence-corrected chi connectivity index (χ2v) is 3.03. The van der Waals surface area contributed by atoms with Crippen molar-refractivity contribution in [3.63, 3.8) is 0 Å². The lowest BCUT2D eigenvalue weighted by Crippen LogP contribution is -2.53. The molecule has 2 rings (SSSR count). The zero-order valence-corrected chi connectivity index (χ0v) is 6.39. The molecule has 2 aliphatic rings. The summed E-state index contributed by atoms with van der Waals surface area (Å²) in [6.07, 6.45) is 6.55. The first kappa shape index (κ1) is 6.38. The van der Waals surface area contributed by atoms with Crippen LogP contribution in [0.1, 0.15) is 12.8 Å². The van der Waals surface area contributed by atoms with Crippen LogP contribution in [-0.2, 0) is 9.47 Å². The standard InChI is InChI=1S/C8H12O2/c1-9-8(10-2)6-5-7(8)3-4-7/h3-4H,5-6H2,1-2H3. The smallest absolute Gasteiger partial charge is 0.180 e. The summed E-state index contributed by atoms with van der Waals surface area (Å²) < 4.78 is 10.6. The zero-order valence-electron chi connectivity index (χ0n) is 6.39. The highest BCUT2D eigenvalue weighted by Gasteiger charge is 2.63. The molecule has 0 aromatic carbocycles. The van der Waals surface area contributed by atoms with Crippen molar-refractivity contribution in [3.05, 3.63) is 12.2 Å². The van der Waals surface area contributed by atoms with Crippen LogP contribution in [0.25, 0.3) is 0 Å². The quantitative estimate of drug-likeness (QED) is 0.425. The van der Waals surface area contributed by atoms with E-state index in [0.29, 0.717) is 0 Å². The van der Waals surface area contributed by atoms with E-state index in [1.54, 1.807) is 14.2 Å². The van der Waals surface area contributed by atoms with Gasteiger partial charge in [-0.2, -0.15) is 0 Å². The summed E-state index contributed by atoms with van der Waals surface area (Å²) in [5, 5.41) is 0. The normalized spacial score (nSPS) is 30.2. The van der Waals surface area contributed by atoms with Crippen molar-refractivity contribution in [3.8, 4) is 0 Å². The maximum atomic E-state index is 5.32. The second kappa shape index (κ2) is 1.63. The van der Waals surface area contributed by atoms with E-state index in [4.69, 9.17) is 9.47 Å². The molecule has 2 heteroatoms. The maximum absolute atomic E-state index is 5.32. The number of hydrogen-bond donors (Lipinski definition) is 0. The fraction of sp³-hybridized carbons (Fsp3) is 0.750. The van der Waals surface area contributed by atoms with Crippen molar-refractivity contribution in [2.45, 2.75) is 18.6 Å². The average molecular weight is 140 g/mol. The van der Waals surface area contributed by atoms with E-state index in [1.807, 2.05) is 0 Å². The van der Waals surface area contributed by atoms with Crippen LogP contribution < -0.4 is 0 Å². The predicted molar refractivity (Wildman–Crippen MR) is 37.6 cm³/mol. The minimum absolute atomic E-state index is 0.191. The highest BCUT2D eigenvalue weighted by Crippen LogP contribution is 2.61. The zero-order chi connectivity index (χ0) is 7.24. The molecule has 56 valence electrons. The first-order valence-electron chi connectivity index (χ1n) is 3.59. The van der Waals surface area contributed by atoms with Crippen LogP contribution in [-0.4, -0.2) is 20.0 Å². The third-order valence-corrected chi connectivity index (χ3v) is 2.81. The van der Waals surface area contributed by atoms with Gasteiger partial charge >= 0.3 is 0 Å². The van der Waals surface area contributed by atoms with Gasteiger partial charge in [-0.3, -0.25) is 0 Å². The molecule has 0 aromatic heterocycles. The van der Waals surface area contributed by atoms with Crippen molar-refractivity contribution in [1.82, 2.24) is 0 Å². The Morgan fingerprint density at radius 3 is 1.80 bits per heavy atom. The van der Waals surface area contributed by atoms with Gasteiger partial charge in [0.15, 0.2) is 5.79 Å². The highest BCUT2D eigenvalue weighted by molar-refractivity contribution is 5.36. The largest absolute Gasteiger partial charge is 0.352 e. The van der Waals surface area contributed by atoms with Gasteiger partial charge in [-0.25, -0.2) is 0 Å². The molecule has 0 N–H and O–H groups in total. The molecule has 0 aliphatic heterocycles. The van der Waals surface area contributed by atoms with Crippen LogP contribution in [0.3, 0.4) is 0 Å². The first-order valence-corrected chi connectivity index (χ1v) is 3.59. The minimum atomic E-state index is -0.299. The maximum Gasteiger partial charge on any atom is 0.180 e. The summed E-state index contributed by atoms with van der Waals surface area (Å²) in [5.74, 6) is -0.299. The molecule has 0 saturated heterocycles. The van der Waals surface area contributed by atoms with Gasteiger partial charge in [0.2, 0.25) is 0 Å². The summed E-state index contributed by atoms with van der Waals surface area (Å²) in [6, 6.07) is 0. The van der Waals surface area contributed by atoms with Gasteiger partial charge in [0.1, 0.15) is 0 Å². The van der Waals surface area contributed by atoms with Gasteiger partial charge < -0.3 is 9.47 Å². The van der Waals surface area contributed by atoms with Crippen LogP contribution in [0.4, 0.5) is 0 Å². The van der Waals surface area contributed by atoms with Crippen LogP contribution in [0, 0.1) is 5.41 Å². The van der Waals surface area contributed by atoms with E-state index in [2.05, 4.69) is 12.2 Å². The summed E-state index contributed by atoms with van der Waals surface area (Å²) in [6.45, 7) is 0. The molecule has 10 heavy (non-hydrogen) atoms. The fourth-order valence-electron chi connectivity index (χ4n) is 1.81. The van der Waals surface area contributed by atoms with Crippen molar-refractivity contribution < 1.29 is 9.47 Å². The van der Waals surface area contributed by atoms with E-state index < -0.39 is 0 Å². The van der Waals surface area contributed by atoms with E-state index >= 15 is 0 Å². The lowest BCUT2D eigenvalue weighted by atomic mass is 9.72. The molecule has 2 aliphatic carbocycles. The molecule has 1 fully saturated rings. The Labute approximate surface area is 60.8 Å². The van der Waals surface area contributed by atoms with Crippen molar-refractivity contribution in [2.24, 2.45) is 5.41 Å². The van der Waals surface area contributed by atoms with Gasteiger partial charge in [-0.15, -0.1) is 0 Å². The molecule has 0 aromatic rings. The third-order valence-electron chi connectivity index (χ3n) is 2.81. The summed E-state index contributed by atoms with van der Waals surface area (Å²) in [7, 11) is 3.43. The molecule has 0 radical (unpaired) electrons.